The third-order valence-electron chi connectivity index (χ3n) is 4.74. The first-order chi connectivity index (χ1) is 7.36. The van der Waals surface area contributed by atoms with Crippen molar-refractivity contribution in [2.24, 2.45) is 17.8 Å². The van der Waals surface area contributed by atoms with Crippen molar-refractivity contribution in [3.63, 3.8) is 0 Å². The van der Waals surface area contributed by atoms with Gasteiger partial charge in [0.25, 0.3) is 0 Å². The van der Waals surface area contributed by atoms with E-state index in [1.54, 1.807) is 0 Å². The van der Waals surface area contributed by atoms with Gasteiger partial charge in [-0.1, -0.05) is 24.8 Å². The van der Waals surface area contributed by atoms with Crippen LogP contribution in [0.1, 0.15) is 51.4 Å². The minimum absolute atomic E-state index is 0.408. The maximum Gasteiger partial charge on any atom is 0.159 e. The Balaban J connectivity index is 1.91. The van der Waals surface area contributed by atoms with Crippen LogP contribution in [0, 0.1) is 17.8 Å². The average molecular weight is 204 g/mol. The minimum Gasteiger partial charge on any atom is -0.295 e. The fraction of sp³-hybridized carbons (Fsp3) is 0.786. The normalized spacial score (nSPS) is 40.4. The van der Waals surface area contributed by atoms with Gasteiger partial charge in [0.1, 0.15) is 0 Å². The van der Waals surface area contributed by atoms with Crippen LogP contribution in [0.5, 0.6) is 0 Å². The van der Waals surface area contributed by atoms with E-state index in [1.807, 2.05) is 6.08 Å². The van der Waals surface area contributed by atoms with Gasteiger partial charge in [-0.05, 0) is 50.0 Å². The van der Waals surface area contributed by atoms with Crippen molar-refractivity contribution in [2.75, 3.05) is 0 Å². The van der Waals surface area contributed by atoms with Crippen molar-refractivity contribution in [1.82, 2.24) is 0 Å². The van der Waals surface area contributed by atoms with Gasteiger partial charge in [-0.3, -0.25) is 4.79 Å². The molecule has 3 atom stereocenters. The summed E-state index contributed by atoms with van der Waals surface area (Å²) >= 11 is 0. The molecular weight excluding hydrogens is 184 g/mol. The molecule has 0 aromatic rings. The number of fused-ring (bicyclic) bond motifs is 3. The van der Waals surface area contributed by atoms with E-state index in [0.29, 0.717) is 11.7 Å². The largest absolute Gasteiger partial charge is 0.295 e. The van der Waals surface area contributed by atoms with Crippen molar-refractivity contribution < 1.29 is 4.79 Å². The van der Waals surface area contributed by atoms with E-state index in [2.05, 4.69) is 0 Å². The molecule has 3 aliphatic rings. The van der Waals surface area contributed by atoms with Crippen LogP contribution in [0.2, 0.25) is 0 Å². The maximum atomic E-state index is 12.0. The van der Waals surface area contributed by atoms with Gasteiger partial charge in [0.2, 0.25) is 0 Å². The first-order valence-electron chi connectivity index (χ1n) is 6.60. The molecule has 0 radical (unpaired) electrons. The molecule has 82 valence electrons. The van der Waals surface area contributed by atoms with Gasteiger partial charge in [-0.15, -0.1) is 0 Å². The van der Waals surface area contributed by atoms with Crippen molar-refractivity contribution in [3.8, 4) is 0 Å². The van der Waals surface area contributed by atoms with Gasteiger partial charge in [-0.2, -0.15) is 0 Å². The Bertz CT molecular complexity index is 302. The lowest BCUT2D eigenvalue weighted by molar-refractivity contribution is -0.122. The third-order valence-corrected chi connectivity index (χ3v) is 4.74. The van der Waals surface area contributed by atoms with Gasteiger partial charge < -0.3 is 0 Å². The van der Waals surface area contributed by atoms with E-state index in [0.717, 1.165) is 11.8 Å². The molecule has 0 aromatic heterocycles. The van der Waals surface area contributed by atoms with Gasteiger partial charge in [0, 0.05) is 5.92 Å². The Morgan fingerprint density at radius 3 is 2.60 bits per heavy atom. The molecule has 0 N–H and O–H groups in total. The minimum atomic E-state index is 0.408. The predicted octanol–water partition coefficient (Wildman–Crippen LogP) is 3.49. The van der Waals surface area contributed by atoms with E-state index < -0.39 is 0 Å². The molecule has 1 nitrogen and oxygen atoms in total. The number of ketones is 1. The van der Waals surface area contributed by atoms with E-state index in [-0.39, 0.29) is 0 Å². The van der Waals surface area contributed by atoms with Crippen LogP contribution in [-0.2, 0) is 4.79 Å². The van der Waals surface area contributed by atoms with E-state index in [9.17, 15) is 4.79 Å². The Kier molecular flexibility index (Phi) is 2.42. The summed E-state index contributed by atoms with van der Waals surface area (Å²) in [7, 11) is 0. The summed E-state index contributed by atoms with van der Waals surface area (Å²) in [4.78, 5) is 12.0. The smallest absolute Gasteiger partial charge is 0.159 e. The molecule has 0 amide bonds. The summed E-state index contributed by atoms with van der Waals surface area (Å²) < 4.78 is 0. The van der Waals surface area contributed by atoms with Crippen LogP contribution < -0.4 is 0 Å². The topological polar surface area (TPSA) is 17.1 Å². The number of hydrogen-bond acceptors (Lipinski definition) is 1. The summed E-state index contributed by atoms with van der Waals surface area (Å²) in [5.74, 6) is 2.40. The highest BCUT2D eigenvalue weighted by atomic mass is 16.1. The second-order valence-electron chi connectivity index (χ2n) is 5.53. The van der Waals surface area contributed by atoms with Crippen molar-refractivity contribution in [3.05, 3.63) is 11.6 Å². The monoisotopic (exact) mass is 204 g/mol. The summed E-state index contributed by atoms with van der Waals surface area (Å²) in [6.45, 7) is 0. The van der Waals surface area contributed by atoms with Gasteiger partial charge >= 0.3 is 0 Å². The molecule has 2 saturated carbocycles. The van der Waals surface area contributed by atoms with Crippen LogP contribution in [0.4, 0.5) is 0 Å². The molecule has 15 heavy (non-hydrogen) atoms. The molecular formula is C14H20O. The number of carbonyl (C=O) groups is 1. The average Bonchev–Trinajstić information content (AvgIpc) is 2.30. The number of carbonyl (C=O) groups excluding carboxylic acids is 1. The zero-order chi connectivity index (χ0) is 10.3. The van der Waals surface area contributed by atoms with Crippen molar-refractivity contribution >= 4 is 5.78 Å². The highest BCUT2D eigenvalue weighted by Crippen LogP contribution is 2.47. The zero-order valence-electron chi connectivity index (χ0n) is 9.37. The second kappa shape index (κ2) is 3.77. The highest BCUT2D eigenvalue weighted by Gasteiger charge is 2.40. The van der Waals surface area contributed by atoms with E-state index in [4.69, 9.17) is 0 Å². The Hall–Kier alpha value is -0.590. The van der Waals surface area contributed by atoms with Crippen LogP contribution >= 0.6 is 0 Å². The second-order valence-corrected chi connectivity index (χ2v) is 5.53. The Morgan fingerprint density at radius 2 is 1.67 bits per heavy atom. The first-order valence-corrected chi connectivity index (χ1v) is 6.60. The molecule has 2 fully saturated rings. The van der Waals surface area contributed by atoms with Crippen molar-refractivity contribution in [2.45, 2.75) is 51.4 Å². The van der Waals surface area contributed by atoms with Gasteiger partial charge in [0.05, 0.1) is 0 Å². The van der Waals surface area contributed by atoms with Crippen molar-refractivity contribution in [1.29, 1.82) is 0 Å². The van der Waals surface area contributed by atoms with E-state index in [1.165, 1.54) is 56.9 Å². The molecule has 0 aliphatic heterocycles. The van der Waals surface area contributed by atoms with E-state index >= 15 is 0 Å². The van der Waals surface area contributed by atoms with Crippen LogP contribution in [0.3, 0.4) is 0 Å². The molecule has 3 rings (SSSR count). The molecule has 0 saturated heterocycles. The molecule has 1 heteroatoms. The highest BCUT2D eigenvalue weighted by molar-refractivity contribution is 5.93. The maximum absolute atomic E-state index is 12.0. The first kappa shape index (κ1) is 9.62. The van der Waals surface area contributed by atoms with Crippen LogP contribution in [0.15, 0.2) is 11.6 Å². The van der Waals surface area contributed by atoms with Crippen LogP contribution in [0.25, 0.3) is 0 Å². The Labute approximate surface area is 91.9 Å². The van der Waals surface area contributed by atoms with Gasteiger partial charge in [0.15, 0.2) is 5.78 Å². The quantitative estimate of drug-likeness (QED) is 0.590. The molecule has 0 unspecified atom stereocenters. The molecule has 3 aliphatic carbocycles. The third kappa shape index (κ3) is 1.56. The summed E-state index contributed by atoms with van der Waals surface area (Å²) in [6.07, 6.45) is 12.4. The Morgan fingerprint density at radius 1 is 0.933 bits per heavy atom. The summed E-state index contributed by atoms with van der Waals surface area (Å²) in [5, 5.41) is 0. The molecule has 0 heterocycles. The predicted molar refractivity (Wildman–Crippen MR) is 60.5 cm³/mol. The number of allylic oxidation sites excluding steroid dienone is 2. The lowest BCUT2D eigenvalue weighted by Crippen LogP contribution is -2.37. The van der Waals surface area contributed by atoms with Gasteiger partial charge in [-0.25, -0.2) is 0 Å². The SMILES string of the molecule is O=C1C=C2CCCC[C@@H]2[C@@H]2CCCC[C@H]12. The lowest BCUT2D eigenvalue weighted by atomic mass is 9.62. The molecule has 0 spiro atoms. The lowest BCUT2D eigenvalue weighted by Gasteiger charge is -2.42. The fourth-order valence-electron chi connectivity index (χ4n) is 4.02. The number of hydrogen-bond donors (Lipinski definition) is 0. The standard InChI is InChI=1S/C14H20O/c15-14-9-10-5-1-2-6-11(10)12-7-3-4-8-13(12)14/h9,11-13H,1-8H2/t11-,12-,13-/m0/s1. The zero-order valence-corrected chi connectivity index (χ0v) is 9.37. The van der Waals surface area contributed by atoms with Crippen LogP contribution in [-0.4, -0.2) is 5.78 Å². The fourth-order valence-corrected chi connectivity index (χ4v) is 4.02. The summed E-state index contributed by atoms with van der Waals surface area (Å²) in [6, 6.07) is 0. The molecule has 0 aromatic carbocycles. The molecule has 0 bridgehead atoms. The number of rotatable bonds is 0. The summed E-state index contributed by atoms with van der Waals surface area (Å²) in [5.41, 5.74) is 1.51.